The van der Waals surface area contributed by atoms with Crippen molar-refractivity contribution < 1.29 is 0 Å². The Kier molecular flexibility index (Phi) is 6.51. The van der Waals surface area contributed by atoms with Gasteiger partial charge in [0.15, 0.2) is 0 Å². The van der Waals surface area contributed by atoms with Crippen molar-refractivity contribution in [3.8, 4) is 0 Å². The number of unbranched alkanes of at least 4 members (excludes halogenated alkanes) is 4. The standard InChI is InChI=1S/C25H34S/c1-5-7-9-13-19-15-12-18-22-23(19)25(3,4)21-17-11-16-20(24(21)26-22)14-10-8-6-2/h11-12,15-18H,5-10,13-14H2,1-4H3. The first-order chi connectivity index (χ1) is 12.6. The molecule has 0 spiro atoms. The molecule has 3 rings (SSSR count). The van der Waals surface area contributed by atoms with Crippen LogP contribution in [-0.2, 0) is 18.3 Å². The monoisotopic (exact) mass is 366 g/mol. The highest BCUT2D eigenvalue weighted by atomic mass is 32.2. The van der Waals surface area contributed by atoms with Gasteiger partial charge in [0.25, 0.3) is 0 Å². The van der Waals surface area contributed by atoms with Crippen molar-refractivity contribution in [2.75, 3.05) is 0 Å². The molecule has 0 unspecified atom stereocenters. The Labute approximate surface area is 164 Å². The first-order valence-electron chi connectivity index (χ1n) is 10.5. The smallest absolute Gasteiger partial charge is 0.0195 e. The van der Waals surface area contributed by atoms with Crippen LogP contribution in [0.3, 0.4) is 0 Å². The number of hydrogen-bond acceptors (Lipinski definition) is 1. The highest BCUT2D eigenvalue weighted by Gasteiger charge is 2.35. The van der Waals surface area contributed by atoms with E-state index in [-0.39, 0.29) is 5.41 Å². The van der Waals surface area contributed by atoms with Crippen LogP contribution >= 0.6 is 11.8 Å². The van der Waals surface area contributed by atoms with Crippen LogP contribution in [0.2, 0.25) is 0 Å². The maximum Gasteiger partial charge on any atom is 0.0195 e. The summed E-state index contributed by atoms with van der Waals surface area (Å²) in [6, 6.07) is 14.0. The quantitative estimate of drug-likeness (QED) is 0.427. The third-order valence-electron chi connectivity index (χ3n) is 5.82. The molecule has 1 aliphatic heterocycles. The minimum Gasteiger partial charge on any atom is -0.0892 e. The number of fused-ring (bicyclic) bond motifs is 2. The fraction of sp³-hybridized carbons (Fsp3) is 0.520. The van der Waals surface area contributed by atoms with Crippen LogP contribution in [0.4, 0.5) is 0 Å². The summed E-state index contributed by atoms with van der Waals surface area (Å²) in [6.45, 7) is 9.44. The molecule has 0 fully saturated rings. The fourth-order valence-corrected chi connectivity index (χ4v) is 5.94. The van der Waals surface area contributed by atoms with Crippen molar-refractivity contribution in [1.29, 1.82) is 0 Å². The number of aryl methyl sites for hydroxylation is 2. The van der Waals surface area contributed by atoms with Crippen molar-refractivity contribution in [1.82, 2.24) is 0 Å². The van der Waals surface area contributed by atoms with Crippen LogP contribution in [0, 0.1) is 0 Å². The molecule has 0 nitrogen and oxygen atoms in total. The Balaban J connectivity index is 1.98. The number of rotatable bonds is 8. The molecule has 0 saturated carbocycles. The van der Waals surface area contributed by atoms with E-state index in [9.17, 15) is 0 Å². The second kappa shape index (κ2) is 8.65. The van der Waals surface area contributed by atoms with Gasteiger partial charge in [-0.3, -0.25) is 0 Å². The summed E-state index contributed by atoms with van der Waals surface area (Å²) in [4.78, 5) is 3.02. The SMILES string of the molecule is CCCCCc1cccc2c1Sc1cccc(CCCCC)c1C2(C)C. The van der Waals surface area contributed by atoms with Crippen LogP contribution in [-0.4, -0.2) is 0 Å². The van der Waals surface area contributed by atoms with E-state index in [4.69, 9.17) is 0 Å². The molecule has 2 aromatic rings. The highest BCUT2D eigenvalue weighted by Crippen LogP contribution is 2.51. The zero-order chi connectivity index (χ0) is 18.6. The first kappa shape index (κ1) is 19.5. The summed E-state index contributed by atoms with van der Waals surface area (Å²) in [6.07, 6.45) is 10.3. The van der Waals surface area contributed by atoms with E-state index in [1.807, 2.05) is 11.8 Å². The molecule has 0 radical (unpaired) electrons. The molecular formula is C25H34S. The van der Waals surface area contributed by atoms with Gasteiger partial charge < -0.3 is 0 Å². The molecule has 2 aromatic carbocycles. The summed E-state index contributed by atoms with van der Waals surface area (Å²) in [5.41, 5.74) is 6.33. The Bertz CT molecular complexity index is 742. The summed E-state index contributed by atoms with van der Waals surface area (Å²) in [5, 5.41) is 0. The second-order valence-electron chi connectivity index (χ2n) is 8.23. The molecule has 26 heavy (non-hydrogen) atoms. The molecule has 0 bridgehead atoms. The number of benzene rings is 2. The predicted octanol–water partition coefficient (Wildman–Crippen LogP) is 7.94. The zero-order valence-electron chi connectivity index (χ0n) is 17.0. The molecule has 0 N–H and O–H groups in total. The minimum absolute atomic E-state index is 0.0967. The maximum atomic E-state index is 2.43. The van der Waals surface area contributed by atoms with E-state index in [2.05, 4.69) is 64.1 Å². The zero-order valence-corrected chi connectivity index (χ0v) is 17.8. The Hall–Kier alpha value is -1.21. The lowest BCUT2D eigenvalue weighted by Crippen LogP contribution is -2.26. The second-order valence-corrected chi connectivity index (χ2v) is 9.28. The van der Waals surface area contributed by atoms with Crippen molar-refractivity contribution in [3.05, 3.63) is 58.7 Å². The van der Waals surface area contributed by atoms with Crippen LogP contribution in [0.1, 0.15) is 88.5 Å². The summed E-state index contributed by atoms with van der Waals surface area (Å²) < 4.78 is 0. The van der Waals surface area contributed by atoms with Gasteiger partial charge in [-0.25, -0.2) is 0 Å². The van der Waals surface area contributed by atoms with E-state index >= 15 is 0 Å². The van der Waals surface area contributed by atoms with Crippen LogP contribution < -0.4 is 0 Å². The van der Waals surface area contributed by atoms with Crippen LogP contribution in [0.5, 0.6) is 0 Å². The molecule has 140 valence electrons. The number of hydrogen-bond donors (Lipinski definition) is 0. The molecule has 0 aromatic heterocycles. The van der Waals surface area contributed by atoms with Gasteiger partial charge >= 0.3 is 0 Å². The van der Waals surface area contributed by atoms with Crippen molar-refractivity contribution in [2.24, 2.45) is 0 Å². The van der Waals surface area contributed by atoms with E-state index in [0.717, 1.165) is 0 Å². The van der Waals surface area contributed by atoms with Crippen LogP contribution in [0.15, 0.2) is 46.2 Å². The molecular weight excluding hydrogens is 332 g/mol. The predicted molar refractivity (Wildman–Crippen MR) is 116 cm³/mol. The normalized spacial score (nSPS) is 14.8. The largest absolute Gasteiger partial charge is 0.0892 e. The lowest BCUT2D eigenvalue weighted by molar-refractivity contribution is 0.588. The Morgan fingerprint density at radius 2 is 1.38 bits per heavy atom. The molecule has 1 aliphatic rings. The lowest BCUT2D eigenvalue weighted by Gasteiger charge is -2.37. The minimum atomic E-state index is 0.0967. The van der Waals surface area contributed by atoms with Crippen molar-refractivity contribution in [2.45, 2.75) is 94.3 Å². The average Bonchev–Trinajstić information content (AvgIpc) is 2.62. The van der Waals surface area contributed by atoms with Gasteiger partial charge in [-0.1, -0.05) is 95.5 Å². The Morgan fingerprint density at radius 1 is 0.769 bits per heavy atom. The van der Waals surface area contributed by atoms with E-state index in [0.29, 0.717) is 0 Å². The molecule has 0 atom stereocenters. The van der Waals surface area contributed by atoms with Gasteiger partial charge in [-0.05, 0) is 54.0 Å². The summed E-state index contributed by atoms with van der Waals surface area (Å²) in [7, 11) is 0. The fourth-order valence-electron chi connectivity index (χ4n) is 4.35. The highest BCUT2D eigenvalue weighted by molar-refractivity contribution is 7.99. The van der Waals surface area contributed by atoms with Gasteiger partial charge in [0.1, 0.15) is 0 Å². The van der Waals surface area contributed by atoms with Gasteiger partial charge in [0, 0.05) is 15.2 Å². The Morgan fingerprint density at radius 3 is 2.08 bits per heavy atom. The first-order valence-corrected chi connectivity index (χ1v) is 11.3. The van der Waals surface area contributed by atoms with Gasteiger partial charge in [0.2, 0.25) is 0 Å². The molecule has 0 aliphatic carbocycles. The van der Waals surface area contributed by atoms with Crippen molar-refractivity contribution in [3.63, 3.8) is 0 Å². The van der Waals surface area contributed by atoms with Gasteiger partial charge in [0.05, 0.1) is 0 Å². The average molecular weight is 367 g/mol. The van der Waals surface area contributed by atoms with Crippen molar-refractivity contribution >= 4 is 11.8 Å². The topological polar surface area (TPSA) is 0 Å². The third kappa shape index (κ3) is 3.88. The molecule has 1 heteroatoms. The molecule has 1 heterocycles. The summed E-state index contributed by atoms with van der Waals surface area (Å²) >= 11 is 2.02. The van der Waals surface area contributed by atoms with E-state index < -0.39 is 0 Å². The van der Waals surface area contributed by atoms with Gasteiger partial charge in [-0.15, -0.1) is 0 Å². The summed E-state index contributed by atoms with van der Waals surface area (Å²) in [5.74, 6) is 0. The molecule has 0 amide bonds. The molecule has 0 saturated heterocycles. The van der Waals surface area contributed by atoms with Gasteiger partial charge in [-0.2, -0.15) is 0 Å². The van der Waals surface area contributed by atoms with E-state index in [1.54, 1.807) is 16.7 Å². The maximum absolute atomic E-state index is 2.43. The lowest BCUT2D eigenvalue weighted by atomic mass is 9.74. The van der Waals surface area contributed by atoms with E-state index in [1.165, 1.54) is 66.7 Å². The third-order valence-corrected chi connectivity index (χ3v) is 7.07. The van der Waals surface area contributed by atoms with Crippen LogP contribution in [0.25, 0.3) is 0 Å².